The number of hydrogen-bond donors (Lipinski definition) is 2. The number of benzene rings is 1. The van der Waals surface area contributed by atoms with E-state index in [0.717, 1.165) is 50.3 Å². The van der Waals surface area contributed by atoms with Gasteiger partial charge in [0.25, 0.3) is 0 Å². The van der Waals surface area contributed by atoms with Crippen LogP contribution in [-0.4, -0.2) is 64.7 Å². The summed E-state index contributed by atoms with van der Waals surface area (Å²) in [6.07, 6.45) is 1.85. The number of nitrogens with zero attached hydrogens (tertiary/aromatic N) is 2. The number of hydrogen-bond acceptors (Lipinski definition) is 4. The molecule has 2 amide bonds. The number of carbonyl (C=O) groups is 1. The van der Waals surface area contributed by atoms with Crippen LogP contribution in [0.4, 0.5) is 10.5 Å². The number of rotatable bonds is 4. The third-order valence-electron chi connectivity index (χ3n) is 4.61. The summed E-state index contributed by atoms with van der Waals surface area (Å²) in [5, 5.41) is 12.4. The van der Waals surface area contributed by atoms with Crippen LogP contribution in [0.3, 0.4) is 0 Å². The lowest BCUT2D eigenvalue weighted by Crippen LogP contribution is -2.40. The van der Waals surface area contributed by atoms with Gasteiger partial charge in [0.2, 0.25) is 0 Å². The van der Waals surface area contributed by atoms with Crippen molar-refractivity contribution >= 4 is 23.5 Å². The molecule has 23 heavy (non-hydrogen) atoms. The minimum Gasteiger partial charge on any atom is -0.394 e. The lowest BCUT2D eigenvalue weighted by atomic mass is 10.1. The first-order valence-electron chi connectivity index (χ1n) is 8.34. The number of nitrogens with one attached hydrogen (secondary N) is 1. The molecule has 0 aromatic heterocycles. The van der Waals surface area contributed by atoms with Gasteiger partial charge in [-0.25, -0.2) is 4.79 Å². The van der Waals surface area contributed by atoms with Crippen molar-refractivity contribution in [2.45, 2.75) is 25.4 Å². The van der Waals surface area contributed by atoms with Crippen LogP contribution in [0.25, 0.3) is 0 Å². The molecular formula is C17H25N3O2S. The predicted molar refractivity (Wildman–Crippen MR) is 94.9 cm³/mol. The minimum absolute atomic E-state index is 0.0405. The average Bonchev–Trinajstić information content (AvgIpc) is 3.06. The fourth-order valence-electron chi connectivity index (χ4n) is 3.26. The summed E-state index contributed by atoms with van der Waals surface area (Å²) >= 11 is 2.00. The topological polar surface area (TPSA) is 55.8 Å². The maximum absolute atomic E-state index is 12.5. The van der Waals surface area contributed by atoms with E-state index < -0.39 is 0 Å². The molecule has 1 aromatic rings. The summed E-state index contributed by atoms with van der Waals surface area (Å²) in [6.45, 7) is 3.85. The fraction of sp³-hybridized carbons (Fsp3) is 0.588. The first-order chi connectivity index (χ1) is 11.3. The number of aliphatic hydroxyl groups is 1. The van der Waals surface area contributed by atoms with Crippen molar-refractivity contribution in [1.82, 2.24) is 9.80 Å². The molecular weight excluding hydrogens is 310 g/mol. The van der Waals surface area contributed by atoms with E-state index in [4.69, 9.17) is 0 Å². The molecule has 1 atom stereocenters. The van der Waals surface area contributed by atoms with Gasteiger partial charge < -0.3 is 15.3 Å². The van der Waals surface area contributed by atoms with Crippen molar-refractivity contribution < 1.29 is 9.90 Å². The smallest absolute Gasteiger partial charge is 0.322 e. The van der Waals surface area contributed by atoms with Crippen LogP contribution in [0.2, 0.25) is 0 Å². The van der Waals surface area contributed by atoms with Crippen molar-refractivity contribution in [1.29, 1.82) is 0 Å². The zero-order chi connectivity index (χ0) is 16.1. The number of anilines is 1. The van der Waals surface area contributed by atoms with E-state index in [9.17, 15) is 9.90 Å². The molecule has 0 saturated carbocycles. The monoisotopic (exact) mass is 335 g/mol. The molecule has 5 nitrogen and oxygen atoms in total. The number of para-hydroxylation sites is 1. The Balaban J connectivity index is 1.66. The van der Waals surface area contributed by atoms with Gasteiger partial charge in [0.05, 0.1) is 12.6 Å². The number of urea groups is 1. The van der Waals surface area contributed by atoms with Crippen molar-refractivity contribution in [2.24, 2.45) is 0 Å². The molecule has 3 rings (SSSR count). The first kappa shape index (κ1) is 16.6. The van der Waals surface area contributed by atoms with Crippen LogP contribution in [0.5, 0.6) is 0 Å². The van der Waals surface area contributed by atoms with E-state index in [1.54, 1.807) is 4.90 Å². The summed E-state index contributed by atoms with van der Waals surface area (Å²) in [7, 11) is 0. The summed E-state index contributed by atoms with van der Waals surface area (Å²) < 4.78 is 0. The molecule has 2 aliphatic rings. The van der Waals surface area contributed by atoms with Gasteiger partial charge in [-0.3, -0.25) is 4.90 Å². The first-order valence-corrected chi connectivity index (χ1v) is 9.50. The molecule has 0 unspecified atom stereocenters. The second kappa shape index (κ2) is 8.04. The summed E-state index contributed by atoms with van der Waals surface area (Å²) in [4.78, 5) is 16.7. The summed E-state index contributed by atoms with van der Waals surface area (Å²) in [6, 6.07) is 7.90. The van der Waals surface area contributed by atoms with Gasteiger partial charge in [-0.1, -0.05) is 18.2 Å². The molecule has 2 saturated heterocycles. The largest absolute Gasteiger partial charge is 0.394 e. The van der Waals surface area contributed by atoms with Crippen molar-refractivity contribution in [3.63, 3.8) is 0 Å². The molecule has 2 N–H and O–H groups in total. The fourth-order valence-corrected chi connectivity index (χ4v) is 4.24. The van der Waals surface area contributed by atoms with Crippen molar-refractivity contribution in [3.05, 3.63) is 29.8 Å². The molecule has 1 aromatic carbocycles. The van der Waals surface area contributed by atoms with Crippen molar-refractivity contribution in [3.8, 4) is 0 Å². The van der Waals surface area contributed by atoms with Gasteiger partial charge in [-0.2, -0.15) is 11.8 Å². The molecule has 2 aliphatic heterocycles. The van der Waals surface area contributed by atoms with E-state index in [2.05, 4.69) is 16.3 Å². The average molecular weight is 335 g/mol. The highest BCUT2D eigenvalue weighted by Crippen LogP contribution is 2.22. The Hall–Kier alpha value is -1.24. The van der Waals surface area contributed by atoms with Gasteiger partial charge in [-0.15, -0.1) is 0 Å². The quantitative estimate of drug-likeness (QED) is 0.886. The number of thioether (sulfide) groups is 1. The Morgan fingerprint density at radius 2 is 2.04 bits per heavy atom. The maximum Gasteiger partial charge on any atom is 0.322 e. The van der Waals surface area contributed by atoms with Gasteiger partial charge in [-0.05, 0) is 24.5 Å². The second-order valence-electron chi connectivity index (χ2n) is 6.15. The molecule has 0 bridgehead atoms. The molecule has 6 heteroatoms. The Labute approximate surface area is 142 Å². The lowest BCUT2D eigenvalue weighted by Gasteiger charge is -2.28. The van der Waals surface area contributed by atoms with Gasteiger partial charge in [0.1, 0.15) is 0 Å². The van der Waals surface area contributed by atoms with Gasteiger partial charge >= 0.3 is 6.03 Å². The highest BCUT2D eigenvalue weighted by Gasteiger charge is 2.28. The molecule has 126 valence electrons. The Morgan fingerprint density at radius 3 is 2.83 bits per heavy atom. The lowest BCUT2D eigenvalue weighted by molar-refractivity contribution is 0.166. The number of carbonyl (C=O) groups excluding carboxylic acids is 1. The Morgan fingerprint density at radius 1 is 1.26 bits per heavy atom. The number of aliphatic hydroxyl groups excluding tert-OH is 1. The van der Waals surface area contributed by atoms with Crippen LogP contribution >= 0.6 is 11.8 Å². The van der Waals surface area contributed by atoms with E-state index in [1.807, 2.05) is 30.0 Å². The molecule has 2 heterocycles. The zero-order valence-electron chi connectivity index (χ0n) is 13.4. The second-order valence-corrected chi connectivity index (χ2v) is 7.37. The molecule has 0 aliphatic carbocycles. The standard InChI is InChI=1S/C17H25N3O2S/c21-13-15-5-3-7-20(15)17(22)18-16-6-2-1-4-14(16)12-19-8-10-23-11-9-19/h1-2,4,6,15,21H,3,5,7-13H2,(H,18,22)/t15-/m1/s1. The minimum atomic E-state index is -0.0943. The van der Waals surface area contributed by atoms with Crippen LogP contribution in [0, 0.1) is 0 Å². The SMILES string of the molecule is O=C(Nc1ccccc1CN1CCSCC1)N1CCC[C@@H]1CO. The van der Waals surface area contributed by atoms with Crippen molar-refractivity contribution in [2.75, 3.05) is 43.1 Å². The Bertz CT molecular complexity index is 534. The van der Waals surface area contributed by atoms with Crippen LogP contribution < -0.4 is 5.32 Å². The molecule has 0 spiro atoms. The van der Waals surface area contributed by atoms with Gasteiger partial charge in [0, 0.05) is 43.4 Å². The van der Waals surface area contributed by atoms with E-state index in [-0.39, 0.29) is 18.7 Å². The van der Waals surface area contributed by atoms with Crippen LogP contribution in [0.1, 0.15) is 18.4 Å². The molecule has 0 radical (unpaired) electrons. The Kier molecular flexibility index (Phi) is 5.80. The highest BCUT2D eigenvalue weighted by molar-refractivity contribution is 7.99. The maximum atomic E-state index is 12.5. The van der Waals surface area contributed by atoms with E-state index in [1.165, 1.54) is 11.5 Å². The zero-order valence-corrected chi connectivity index (χ0v) is 14.2. The third kappa shape index (κ3) is 4.19. The summed E-state index contributed by atoms with van der Waals surface area (Å²) in [5.41, 5.74) is 2.05. The van der Waals surface area contributed by atoms with Crippen LogP contribution in [-0.2, 0) is 6.54 Å². The van der Waals surface area contributed by atoms with Gasteiger partial charge in [0.15, 0.2) is 0 Å². The highest BCUT2D eigenvalue weighted by atomic mass is 32.2. The van der Waals surface area contributed by atoms with E-state index in [0.29, 0.717) is 0 Å². The molecule has 2 fully saturated rings. The van der Waals surface area contributed by atoms with Crippen LogP contribution in [0.15, 0.2) is 24.3 Å². The number of amides is 2. The normalized spacial score (nSPS) is 22.3. The third-order valence-corrected chi connectivity index (χ3v) is 5.55. The van der Waals surface area contributed by atoms with E-state index >= 15 is 0 Å². The summed E-state index contributed by atoms with van der Waals surface area (Å²) in [5.74, 6) is 2.36. The number of likely N-dealkylation sites (tertiary alicyclic amines) is 1. The predicted octanol–water partition coefficient (Wildman–Crippen LogP) is 2.22.